The van der Waals surface area contributed by atoms with Crippen LogP contribution in [0.25, 0.3) is 0 Å². The van der Waals surface area contributed by atoms with E-state index in [4.69, 9.17) is 14.7 Å². The normalized spacial score (nSPS) is 33.4. The van der Waals surface area contributed by atoms with E-state index < -0.39 is 7.32 Å². The van der Waals surface area contributed by atoms with Crippen LogP contribution in [-0.4, -0.2) is 23.5 Å². The van der Waals surface area contributed by atoms with Gasteiger partial charge in [0, 0.05) is 6.10 Å². The van der Waals surface area contributed by atoms with Crippen molar-refractivity contribution in [3.63, 3.8) is 0 Å². The largest absolute Gasteiger partial charge is 0.634 e. The third-order valence-electron chi connectivity index (χ3n) is 3.26. The first kappa shape index (κ1) is 12.0. The quantitative estimate of drug-likeness (QED) is 0.677. The highest BCUT2D eigenvalue weighted by molar-refractivity contribution is 6.32. The Hall–Kier alpha value is -0.0551. The van der Waals surface area contributed by atoms with Gasteiger partial charge in [-0.2, -0.15) is 0 Å². The number of hydrogen-bond donors (Lipinski definition) is 2. The molecular formula is C10H21BO3. The average Bonchev–Trinajstić information content (AvgIpc) is 2.01. The van der Waals surface area contributed by atoms with Crippen molar-refractivity contribution in [3.8, 4) is 0 Å². The predicted octanol–water partition coefficient (Wildman–Crippen LogP) is 1.43. The van der Waals surface area contributed by atoms with Crippen molar-refractivity contribution in [3.05, 3.63) is 0 Å². The molecule has 0 aromatic carbocycles. The Bertz CT molecular complexity index is 171. The standard InChI is InChI=1S/C10H21BO3/c1-7(2)9-5-4-8(3)6-10(9)14-11(12)13/h7-10,12-13H,4-6H2,1-3H3/t8-,9-,10+/m0/s1. The third kappa shape index (κ3) is 3.26. The zero-order valence-corrected chi connectivity index (χ0v) is 9.31. The van der Waals surface area contributed by atoms with Crippen molar-refractivity contribution >= 4 is 7.32 Å². The smallest absolute Gasteiger partial charge is 0.402 e. The lowest BCUT2D eigenvalue weighted by Gasteiger charge is -2.37. The molecule has 0 bridgehead atoms. The Morgan fingerprint density at radius 3 is 2.43 bits per heavy atom. The van der Waals surface area contributed by atoms with Gasteiger partial charge in [-0.25, -0.2) is 0 Å². The maximum absolute atomic E-state index is 8.82. The Labute approximate surface area is 86.6 Å². The van der Waals surface area contributed by atoms with Gasteiger partial charge >= 0.3 is 7.32 Å². The molecule has 82 valence electrons. The van der Waals surface area contributed by atoms with Crippen molar-refractivity contribution in [2.45, 2.75) is 46.1 Å². The van der Waals surface area contributed by atoms with Gasteiger partial charge < -0.3 is 14.7 Å². The summed E-state index contributed by atoms with van der Waals surface area (Å²) in [5.74, 6) is 1.65. The first-order valence-electron chi connectivity index (χ1n) is 5.52. The lowest BCUT2D eigenvalue weighted by atomic mass is 9.75. The molecule has 3 atom stereocenters. The average molecular weight is 200 g/mol. The molecule has 0 aromatic rings. The van der Waals surface area contributed by atoms with Crippen LogP contribution in [0.2, 0.25) is 0 Å². The molecular weight excluding hydrogens is 179 g/mol. The summed E-state index contributed by atoms with van der Waals surface area (Å²) < 4.78 is 5.15. The van der Waals surface area contributed by atoms with Gasteiger partial charge in [-0.3, -0.25) is 0 Å². The Kier molecular flexibility index (Phi) is 4.42. The third-order valence-corrected chi connectivity index (χ3v) is 3.26. The van der Waals surface area contributed by atoms with Crippen molar-refractivity contribution in [1.29, 1.82) is 0 Å². The lowest BCUT2D eigenvalue weighted by Crippen LogP contribution is -2.38. The van der Waals surface area contributed by atoms with Crippen molar-refractivity contribution in [2.24, 2.45) is 17.8 Å². The van der Waals surface area contributed by atoms with Gasteiger partial charge in [-0.05, 0) is 30.6 Å². The monoisotopic (exact) mass is 200 g/mol. The van der Waals surface area contributed by atoms with Crippen molar-refractivity contribution < 1.29 is 14.7 Å². The van der Waals surface area contributed by atoms with Crippen LogP contribution in [0, 0.1) is 17.8 Å². The molecule has 0 aromatic heterocycles. The Morgan fingerprint density at radius 2 is 1.93 bits per heavy atom. The molecule has 0 heterocycles. The van der Waals surface area contributed by atoms with Gasteiger partial charge in [0.1, 0.15) is 0 Å². The first-order chi connectivity index (χ1) is 6.50. The molecule has 3 nitrogen and oxygen atoms in total. The number of hydrogen-bond acceptors (Lipinski definition) is 3. The fraction of sp³-hybridized carbons (Fsp3) is 1.00. The second kappa shape index (κ2) is 5.15. The molecule has 0 radical (unpaired) electrons. The minimum atomic E-state index is -1.62. The van der Waals surface area contributed by atoms with Gasteiger partial charge in [-0.15, -0.1) is 0 Å². The summed E-state index contributed by atoms with van der Waals surface area (Å²) in [4.78, 5) is 0. The van der Waals surface area contributed by atoms with Crippen LogP contribution in [0.1, 0.15) is 40.0 Å². The van der Waals surface area contributed by atoms with E-state index in [1.54, 1.807) is 0 Å². The highest BCUT2D eigenvalue weighted by Gasteiger charge is 2.33. The highest BCUT2D eigenvalue weighted by Crippen LogP contribution is 2.35. The molecule has 2 N–H and O–H groups in total. The van der Waals surface area contributed by atoms with Crippen molar-refractivity contribution in [2.75, 3.05) is 0 Å². The van der Waals surface area contributed by atoms with E-state index in [-0.39, 0.29) is 6.10 Å². The van der Waals surface area contributed by atoms with E-state index in [1.807, 2.05) is 0 Å². The molecule has 14 heavy (non-hydrogen) atoms. The molecule has 1 aliphatic rings. The van der Waals surface area contributed by atoms with Crippen LogP contribution in [0.15, 0.2) is 0 Å². The van der Waals surface area contributed by atoms with Crippen LogP contribution in [-0.2, 0) is 4.65 Å². The molecule has 1 saturated carbocycles. The minimum Gasteiger partial charge on any atom is -0.402 e. The van der Waals surface area contributed by atoms with Crippen LogP contribution in [0.4, 0.5) is 0 Å². The molecule has 0 saturated heterocycles. The number of rotatable bonds is 3. The first-order valence-corrected chi connectivity index (χ1v) is 5.52. The lowest BCUT2D eigenvalue weighted by molar-refractivity contribution is 0.0121. The molecule has 0 spiro atoms. The Balaban J connectivity index is 2.54. The second-order valence-electron chi connectivity index (χ2n) is 4.83. The molecule has 1 aliphatic carbocycles. The van der Waals surface area contributed by atoms with E-state index in [1.165, 1.54) is 6.42 Å². The summed E-state index contributed by atoms with van der Waals surface area (Å²) in [6.45, 7) is 6.53. The van der Waals surface area contributed by atoms with Crippen LogP contribution < -0.4 is 0 Å². The van der Waals surface area contributed by atoms with E-state index in [9.17, 15) is 0 Å². The second-order valence-corrected chi connectivity index (χ2v) is 4.83. The summed E-state index contributed by atoms with van der Waals surface area (Å²) in [7, 11) is -1.62. The zero-order chi connectivity index (χ0) is 10.7. The van der Waals surface area contributed by atoms with Gasteiger partial charge in [-0.1, -0.05) is 27.2 Å². The SMILES string of the molecule is CC(C)[C@@H]1CC[C@H](C)C[C@H]1OB(O)O. The van der Waals surface area contributed by atoms with Gasteiger partial charge in [0.15, 0.2) is 0 Å². The van der Waals surface area contributed by atoms with Crippen LogP contribution in [0.5, 0.6) is 0 Å². The Morgan fingerprint density at radius 1 is 1.29 bits per heavy atom. The summed E-state index contributed by atoms with van der Waals surface area (Å²) >= 11 is 0. The summed E-state index contributed by atoms with van der Waals surface area (Å²) in [5, 5.41) is 17.6. The molecule has 1 fully saturated rings. The van der Waals surface area contributed by atoms with Crippen LogP contribution >= 0.6 is 0 Å². The maximum atomic E-state index is 8.82. The maximum Gasteiger partial charge on any atom is 0.634 e. The molecule has 0 aliphatic heterocycles. The van der Waals surface area contributed by atoms with Crippen molar-refractivity contribution in [1.82, 2.24) is 0 Å². The minimum absolute atomic E-state index is 0.0127. The summed E-state index contributed by atoms with van der Waals surface area (Å²) in [5.41, 5.74) is 0. The van der Waals surface area contributed by atoms with Gasteiger partial charge in [0.25, 0.3) is 0 Å². The van der Waals surface area contributed by atoms with Crippen LogP contribution in [0.3, 0.4) is 0 Å². The topological polar surface area (TPSA) is 49.7 Å². The summed E-state index contributed by atoms with van der Waals surface area (Å²) in [6.07, 6.45) is 3.32. The van der Waals surface area contributed by atoms with E-state index in [2.05, 4.69) is 20.8 Å². The van der Waals surface area contributed by atoms with Gasteiger partial charge in [0.05, 0.1) is 0 Å². The fourth-order valence-electron chi connectivity index (χ4n) is 2.43. The fourth-order valence-corrected chi connectivity index (χ4v) is 2.43. The predicted molar refractivity (Wildman–Crippen MR) is 56.4 cm³/mol. The zero-order valence-electron chi connectivity index (χ0n) is 9.31. The molecule has 1 rings (SSSR count). The summed E-state index contributed by atoms with van der Waals surface area (Å²) in [6, 6.07) is 0. The highest BCUT2D eigenvalue weighted by atomic mass is 16.6. The molecule has 4 heteroatoms. The molecule has 0 unspecified atom stereocenters. The molecule has 0 amide bonds. The van der Waals surface area contributed by atoms with E-state index >= 15 is 0 Å². The van der Waals surface area contributed by atoms with Gasteiger partial charge in [0.2, 0.25) is 0 Å². The van der Waals surface area contributed by atoms with E-state index in [0.29, 0.717) is 17.8 Å². The van der Waals surface area contributed by atoms with E-state index in [0.717, 1.165) is 12.8 Å².